The summed E-state index contributed by atoms with van der Waals surface area (Å²) in [6.45, 7) is 10.1. The summed E-state index contributed by atoms with van der Waals surface area (Å²) >= 11 is 0. The zero-order valence-electron chi connectivity index (χ0n) is 15.6. The summed E-state index contributed by atoms with van der Waals surface area (Å²) in [5.74, 6) is -0.813. The first-order valence-electron chi connectivity index (χ1n) is 8.80. The van der Waals surface area contributed by atoms with Gasteiger partial charge in [-0.3, -0.25) is 0 Å². The Bertz CT molecular complexity index is 715. The van der Waals surface area contributed by atoms with Gasteiger partial charge in [0.05, 0.1) is 7.11 Å². The molecule has 0 bridgehead atoms. The Balaban J connectivity index is 2.70. The molecule has 2 rings (SSSR count). The first-order chi connectivity index (χ1) is 11.8. The summed E-state index contributed by atoms with van der Waals surface area (Å²) in [7, 11) is 1.30. The van der Waals surface area contributed by atoms with Gasteiger partial charge < -0.3 is 14.9 Å². The normalized spacial score (nSPS) is 20.1. The quantitative estimate of drug-likeness (QED) is 0.592. The molecule has 2 atom stereocenters. The van der Waals surface area contributed by atoms with Crippen molar-refractivity contribution in [3.63, 3.8) is 0 Å². The number of phenols is 2. The topological polar surface area (TPSA) is 66.8 Å². The molecule has 1 aromatic carbocycles. The molecule has 0 aromatic heterocycles. The number of carbonyl (C=O) groups excluding carboxylic acids is 1. The Kier molecular flexibility index (Phi) is 5.93. The van der Waals surface area contributed by atoms with Crippen molar-refractivity contribution in [2.45, 2.75) is 52.4 Å². The smallest absolute Gasteiger partial charge is 0.341 e. The van der Waals surface area contributed by atoms with Gasteiger partial charge in [0.1, 0.15) is 17.1 Å². The van der Waals surface area contributed by atoms with Crippen LogP contribution in [0.5, 0.6) is 11.5 Å². The fourth-order valence-electron chi connectivity index (χ4n) is 3.75. The van der Waals surface area contributed by atoms with Gasteiger partial charge in [-0.15, -0.1) is 0 Å². The van der Waals surface area contributed by atoms with Gasteiger partial charge in [-0.1, -0.05) is 37.1 Å². The monoisotopic (exact) mass is 344 g/mol. The maximum Gasteiger partial charge on any atom is 0.341 e. The Morgan fingerprint density at radius 3 is 2.64 bits per heavy atom. The van der Waals surface area contributed by atoms with Crippen LogP contribution in [-0.4, -0.2) is 23.3 Å². The highest BCUT2D eigenvalue weighted by atomic mass is 16.5. The third-order valence-electron chi connectivity index (χ3n) is 5.02. The van der Waals surface area contributed by atoms with Crippen molar-refractivity contribution >= 4 is 5.97 Å². The lowest BCUT2D eigenvalue weighted by Gasteiger charge is -2.32. The zero-order chi connectivity index (χ0) is 18.7. The third-order valence-corrected chi connectivity index (χ3v) is 5.02. The highest BCUT2D eigenvalue weighted by Crippen LogP contribution is 2.48. The molecule has 1 unspecified atom stereocenters. The van der Waals surface area contributed by atoms with Crippen LogP contribution in [0, 0.1) is 5.92 Å². The largest absolute Gasteiger partial charge is 0.507 e. The molecule has 0 aliphatic heterocycles. The third kappa shape index (κ3) is 3.73. The lowest BCUT2D eigenvalue weighted by atomic mass is 9.73. The number of aromatic hydroxyl groups is 2. The van der Waals surface area contributed by atoms with Crippen molar-refractivity contribution < 1.29 is 19.7 Å². The molecule has 0 saturated carbocycles. The zero-order valence-corrected chi connectivity index (χ0v) is 15.6. The molecule has 0 saturated heterocycles. The highest BCUT2D eigenvalue weighted by Gasteiger charge is 2.33. The Hall–Kier alpha value is -2.23. The lowest BCUT2D eigenvalue weighted by Crippen LogP contribution is -2.18. The van der Waals surface area contributed by atoms with E-state index >= 15 is 0 Å². The van der Waals surface area contributed by atoms with Gasteiger partial charge in [-0.05, 0) is 50.7 Å². The molecule has 0 amide bonds. The van der Waals surface area contributed by atoms with E-state index in [0.29, 0.717) is 17.5 Å². The van der Waals surface area contributed by atoms with Gasteiger partial charge in [0.2, 0.25) is 0 Å². The minimum atomic E-state index is -0.578. The van der Waals surface area contributed by atoms with Crippen molar-refractivity contribution in [2.24, 2.45) is 5.92 Å². The van der Waals surface area contributed by atoms with Crippen LogP contribution in [-0.2, 0) is 11.2 Å². The number of aryl methyl sites for hydroxylation is 1. The van der Waals surface area contributed by atoms with E-state index in [1.807, 2.05) is 20.8 Å². The Morgan fingerprint density at radius 1 is 1.40 bits per heavy atom. The molecule has 136 valence electrons. The second-order valence-electron chi connectivity index (χ2n) is 6.96. The predicted octanol–water partition coefficient (Wildman–Crippen LogP) is 4.85. The number of methoxy groups -OCH3 is 1. The summed E-state index contributed by atoms with van der Waals surface area (Å²) in [6, 6.07) is 1.60. The second-order valence-corrected chi connectivity index (χ2v) is 6.96. The molecule has 0 heterocycles. The van der Waals surface area contributed by atoms with Crippen molar-refractivity contribution in [3.8, 4) is 11.5 Å². The van der Waals surface area contributed by atoms with Gasteiger partial charge in [-0.2, -0.15) is 0 Å². The summed E-state index contributed by atoms with van der Waals surface area (Å²) in [4.78, 5) is 12.3. The van der Waals surface area contributed by atoms with E-state index in [1.54, 1.807) is 6.07 Å². The minimum absolute atomic E-state index is 0.0239. The molecule has 4 nitrogen and oxygen atoms in total. The van der Waals surface area contributed by atoms with Crippen LogP contribution in [0.25, 0.3) is 0 Å². The molecule has 25 heavy (non-hydrogen) atoms. The Morgan fingerprint density at radius 2 is 2.08 bits per heavy atom. The van der Waals surface area contributed by atoms with E-state index in [-0.39, 0.29) is 28.9 Å². The fourth-order valence-corrected chi connectivity index (χ4v) is 3.75. The van der Waals surface area contributed by atoms with Gasteiger partial charge in [0, 0.05) is 11.5 Å². The number of hydrogen-bond donors (Lipinski definition) is 2. The van der Waals surface area contributed by atoms with Crippen LogP contribution >= 0.6 is 0 Å². The van der Waals surface area contributed by atoms with Crippen molar-refractivity contribution in [1.29, 1.82) is 0 Å². The van der Waals surface area contributed by atoms with E-state index in [0.717, 1.165) is 24.8 Å². The van der Waals surface area contributed by atoms with E-state index in [4.69, 9.17) is 4.74 Å². The van der Waals surface area contributed by atoms with Crippen LogP contribution < -0.4 is 0 Å². The summed E-state index contributed by atoms with van der Waals surface area (Å²) in [5.41, 5.74) is 3.38. The van der Waals surface area contributed by atoms with Crippen molar-refractivity contribution in [3.05, 3.63) is 46.6 Å². The number of hydrogen-bond acceptors (Lipinski definition) is 4. The molecule has 1 aliphatic rings. The first kappa shape index (κ1) is 19.1. The van der Waals surface area contributed by atoms with Crippen LogP contribution in [0.1, 0.15) is 67.4 Å². The van der Waals surface area contributed by atoms with E-state index < -0.39 is 5.97 Å². The summed E-state index contributed by atoms with van der Waals surface area (Å²) in [5, 5.41) is 21.5. The van der Waals surface area contributed by atoms with Crippen molar-refractivity contribution in [2.75, 3.05) is 7.11 Å². The van der Waals surface area contributed by atoms with Crippen molar-refractivity contribution in [1.82, 2.24) is 0 Å². The lowest BCUT2D eigenvalue weighted by molar-refractivity contribution is 0.0595. The fraction of sp³-hybridized carbons (Fsp3) is 0.476. The maximum atomic E-state index is 12.3. The summed E-state index contributed by atoms with van der Waals surface area (Å²) < 4.78 is 4.87. The van der Waals surface area contributed by atoms with Crippen LogP contribution in [0.15, 0.2) is 29.9 Å². The maximum absolute atomic E-state index is 12.3. The average Bonchev–Trinajstić information content (AvgIpc) is 2.54. The average molecular weight is 344 g/mol. The molecular formula is C21H28O4. The highest BCUT2D eigenvalue weighted by molar-refractivity contribution is 5.95. The molecule has 0 spiro atoms. The summed E-state index contributed by atoms with van der Waals surface area (Å²) in [6.07, 6.45) is 5.31. The first-order valence-corrected chi connectivity index (χ1v) is 8.80. The molecule has 1 aromatic rings. The van der Waals surface area contributed by atoms with Gasteiger partial charge >= 0.3 is 5.97 Å². The number of rotatable bonds is 5. The van der Waals surface area contributed by atoms with Crippen LogP contribution in [0.2, 0.25) is 0 Å². The molecule has 2 N–H and O–H groups in total. The molecule has 1 aliphatic carbocycles. The Labute approximate surface area is 149 Å². The molecule has 0 fully saturated rings. The second kappa shape index (κ2) is 7.77. The van der Waals surface area contributed by atoms with Gasteiger partial charge in [0.15, 0.2) is 0 Å². The number of phenolic OH excluding ortho intramolecular Hbond substituents is 2. The molecule has 0 radical (unpaired) electrons. The van der Waals surface area contributed by atoms with E-state index in [1.165, 1.54) is 12.7 Å². The number of allylic oxidation sites excluding steroid dienone is 3. The minimum Gasteiger partial charge on any atom is -0.507 e. The standard InChI is InChI=1S/C21H28O4/c1-6-7-14-11-17(22)19(20(23)18(14)21(24)25-5)16-10-13(4)8-9-15(16)12(2)3/h10-11,15-16,22-23H,2,6-9H2,1,3-5H3/t15-,16?/m1/s1. The van der Waals surface area contributed by atoms with Crippen LogP contribution in [0.3, 0.4) is 0 Å². The number of ether oxygens (including phenoxy) is 1. The molecular weight excluding hydrogens is 316 g/mol. The number of carbonyl (C=O) groups is 1. The van der Waals surface area contributed by atoms with Crippen LogP contribution in [0.4, 0.5) is 0 Å². The van der Waals surface area contributed by atoms with Gasteiger partial charge in [0.25, 0.3) is 0 Å². The van der Waals surface area contributed by atoms with E-state index in [9.17, 15) is 15.0 Å². The predicted molar refractivity (Wildman–Crippen MR) is 99.1 cm³/mol. The SMILES string of the molecule is C=C(C)[C@H]1CCC(C)=CC1c1c(O)cc(CCC)c(C(=O)OC)c1O. The molecule has 4 heteroatoms. The number of esters is 1. The number of benzene rings is 1. The van der Waals surface area contributed by atoms with E-state index in [2.05, 4.69) is 12.7 Å². The van der Waals surface area contributed by atoms with Gasteiger partial charge in [-0.25, -0.2) is 4.79 Å².